The van der Waals surface area contributed by atoms with Crippen LogP contribution in [-0.2, 0) is 4.79 Å². The Labute approximate surface area is 181 Å². The van der Waals surface area contributed by atoms with Gasteiger partial charge >= 0.3 is 0 Å². The van der Waals surface area contributed by atoms with Gasteiger partial charge in [-0.2, -0.15) is 0 Å². The quantitative estimate of drug-likeness (QED) is 0.417. The van der Waals surface area contributed by atoms with E-state index in [9.17, 15) is 4.79 Å². The van der Waals surface area contributed by atoms with Gasteiger partial charge in [0.25, 0.3) is 5.91 Å². The highest BCUT2D eigenvalue weighted by Gasteiger charge is 2.38. The molecule has 2 aliphatic heterocycles. The van der Waals surface area contributed by atoms with Gasteiger partial charge in [0, 0.05) is 28.5 Å². The summed E-state index contributed by atoms with van der Waals surface area (Å²) in [5, 5.41) is 2.81. The molecule has 1 saturated heterocycles. The Morgan fingerprint density at radius 2 is 1.82 bits per heavy atom. The second kappa shape index (κ2) is 7.87. The molecule has 1 fully saturated rings. The first-order valence-electron chi connectivity index (χ1n) is 8.38. The van der Waals surface area contributed by atoms with E-state index in [4.69, 9.17) is 23.2 Å². The normalized spacial score (nSPS) is 20.2. The summed E-state index contributed by atoms with van der Waals surface area (Å²) >= 11 is 15.0. The fraction of sp³-hybridized carbons (Fsp3) is 0.100. The second-order valence-electron chi connectivity index (χ2n) is 6.08. The maximum atomic E-state index is 13.1. The van der Waals surface area contributed by atoms with Gasteiger partial charge < -0.3 is 4.90 Å². The van der Waals surface area contributed by atoms with Gasteiger partial charge in [0.05, 0.1) is 16.4 Å². The van der Waals surface area contributed by atoms with Crippen LogP contribution < -0.4 is 4.90 Å². The standard InChI is InChI=1S/C20H15Cl2N3OS2/c1-3-10-25-18(26)17(28-20(25)23-14-7-4-12(21)5-8-14)19-24(2)15-11-13(22)6-9-16(15)27-19/h3-9,11H,1,10H2,2H3/b19-17-,23-20?. The summed E-state index contributed by atoms with van der Waals surface area (Å²) in [5.74, 6) is -0.0779. The number of hydrogen-bond donors (Lipinski definition) is 0. The van der Waals surface area contributed by atoms with Gasteiger partial charge in [-0.15, -0.1) is 6.58 Å². The Kier molecular flexibility index (Phi) is 5.47. The van der Waals surface area contributed by atoms with Gasteiger partial charge in [-0.1, -0.05) is 41.0 Å². The summed E-state index contributed by atoms with van der Waals surface area (Å²) in [4.78, 5) is 23.1. The summed E-state index contributed by atoms with van der Waals surface area (Å²) in [7, 11) is 1.94. The third kappa shape index (κ3) is 3.57. The van der Waals surface area contributed by atoms with Gasteiger partial charge in [-0.05, 0) is 54.2 Å². The number of fused-ring (bicyclic) bond motifs is 1. The zero-order chi connectivity index (χ0) is 19.8. The lowest BCUT2D eigenvalue weighted by atomic mass is 10.3. The average Bonchev–Trinajstić information content (AvgIpc) is 3.15. The van der Waals surface area contributed by atoms with Crippen molar-refractivity contribution in [2.45, 2.75) is 4.90 Å². The average molecular weight is 448 g/mol. The number of halogens is 2. The zero-order valence-electron chi connectivity index (χ0n) is 14.9. The fourth-order valence-corrected chi connectivity index (χ4v) is 5.48. The summed E-state index contributed by atoms with van der Waals surface area (Å²) < 4.78 is 0. The molecule has 142 valence electrons. The number of rotatable bonds is 3. The molecular weight excluding hydrogens is 433 g/mol. The van der Waals surface area contributed by atoms with Crippen molar-refractivity contribution >= 4 is 69.2 Å². The highest BCUT2D eigenvalue weighted by Crippen LogP contribution is 2.50. The van der Waals surface area contributed by atoms with E-state index >= 15 is 0 Å². The second-order valence-corrected chi connectivity index (χ2v) is 8.97. The van der Waals surface area contributed by atoms with E-state index in [1.807, 2.05) is 42.3 Å². The first-order valence-corrected chi connectivity index (χ1v) is 10.8. The Hall–Kier alpha value is -1.86. The van der Waals surface area contributed by atoms with Crippen LogP contribution in [0, 0.1) is 0 Å². The lowest BCUT2D eigenvalue weighted by Gasteiger charge is -2.15. The van der Waals surface area contributed by atoms with Crippen LogP contribution in [0.15, 0.2) is 74.9 Å². The first kappa shape index (κ1) is 19.5. The van der Waals surface area contributed by atoms with Crippen LogP contribution in [0.25, 0.3) is 0 Å². The molecule has 2 aliphatic rings. The van der Waals surface area contributed by atoms with Crippen molar-refractivity contribution in [2.75, 3.05) is 18.5 Å². The first-order chi connectivity index (χ1) is 13.5. The van der Waals surface area contributed by atoms with Crippen LogP contribution in [0.3, 0.4) is 0 Å². The van der Waals surface area contributed by atoms with Crippen LogP contribution in [0.5, 0.6) is 0 Å². The topological polar surface area (TPSA) is 35.9 Å². The van der Waals surface area contributed by atoms with E-state index in [2.05, 4.69) is 11.6 Å². The molecule has 2 heterocycles. The number of carbonyl (C=O) groups excluding carboxylic acids is 1. The van der Waals surface area contributed by atoms with Crippen LogP contribution in [-0.4, -0.2) is 29.6 Å². The van der Waals surface area contributed by atoms with Gasteiger partial charge in [0.1, 0.15) is 4.91 Å². The lowest BCUT2D eigenvalue weighted by Crippen LogP contribution is -2.29. The molecular formula is C20H15Cl2N3OS2. The predicted molar refractivity (Wildman–Crippen MR) is 121 cm³/mol. The molecule has 0 aromatic heterocycles. The molecule has 0 radical (unpaired) electrons. The van der Waals surface area contributed by atoms with Crippen molar-refractivity contribution in [3.63, 3.8) is 0 Å². The molecule has 0 unspecified atom stereocenters. The summed E-state index contributed by atoms with van der Waals surface area (Å²) in [6.07, 6.45) is 1.70. The highest BCUT2D eigenvalue weighted by molar-refractivity contribution is 8.19. The predicted octanol–water partition coefficient (Wildman–Crippen LogP) is 6.15. The van der Waals surface area contributed by atoms with Gasteiger partial charge in [0.2, 0.25) is 0 Å². The number of carbonyl (C=O) groups is 1. The summed E-state index contributed by atoms with van der Waals surface area (Å²) in [6, 6.07) is 12.9. The Bertz CT molecular complexity index is 1030. The van der Waals surface area contributed by atoms with E-state index in [1.54, 1.807) is 34.9 Å². The molecule has 4 rings (SSSR count). The van der Waals surface area contributed by atoms with E-state index in [-0.39, 0.29) is 5.91 Å². The number of aliphatic imine (C=N–C) groups is 1. The van der Waals surface area contributed by atoms with Crippen molar-refractivity contribution in [3.8, 4) is 0 Å². The van der Waals surface area contributed by atoms with Crippen molar-refractivity contribution in [3.05, 3.63) is 75.1 Å². The molecule has 0 saturated carbocycles. The Balaban J connectivity index is 1.73. The van der Waals surface area contributed by atoms with Crippen LogP contribution in [0.1, 0.15) is 0 Å². The van der Waals surface area contributed by atoms with E-state index in [1.165, 1.54) is 11.8 Å². The molecule has 4 nitrogen and oxygen atoms in total. The number of nitrogens with zero attached hydrogens (tertiary/aromatic N) is 3. The molecule has 8 heteroatoms. The Morgan fingerprint density at radius 1 is 1.11 bits per heavy atom. The minimum absolute atomic E-state index is 0.0779. The summed E-state index contributed by atoms with van der Waals surface area (Å²) in [6.45, 7) is 4.16. The minimum atomic E-state index is -0.0779. The largest absolute Gasteiger partial charge is 0.337 e. The summed E-state index contributed by atoms with van der Waals surface area (Å²) in [5.41, 5.74) is 1.73. The van der Waals surface area contributed by atoms with E-state index < -0.39 is 0 Å². The molecule has 2 aromatic carbocycles. The number of hydrogen-bond acceptors (Lipinski definition) is 5. The molecule has 0 atom stereocenters. The van der Waals surface area contributed by atoms with E-state index in [0.29, 0.717) is 26.7 Å². The number of amides is 1. The lowest BCUT2D eigenvalue weighted by molar-refractivity contribution is -0.121. The number of thioether (sulfide) groups is 2. The smallest absolute Gasteiger partial charge is 0.269 e. The minimum Gasteiger partial charge on any atom is -0.337 e. The number of anilines is 1. The van der Waals surface area contributed by atoms with Crippen molar-refractivity contribution in [2.24, 2.45) is 4.99 Å². The van der Waals surface area contributed by atoms with Gasteiger partial charge in [-0.25, -0.2) is 4.99 Å². The maximum absolute atomic E-state index is 13.1. The SMILES string of the molecule is C=CCN1C(=O)/C(=C2/Sc3ccc(Cl)cc3N2C)SC1=Nc1ccc(Cl)cc1. The highest BCUT2D eigenvalue weighted by atomic mass is 35.5. The maximum Gasteiger partial charge on any atom is 0.269 e. The van der Waals surface area contributed by atoms with Crippen LogP contribution >= 0.6 is 46.7 Å². The molecule has 0 aliphatic carbocycles. The van der Waals surface area contributed by atoms with E-state index in [0.717, 1.165) is 21.3 Å². The van der Waals surface area contributed by atoms with Crippen molar-refractivity contribution in [1.29, 1.82) is 0 Å². The van der Waals surface area contributed by atoms with Gasteiger partial charge in [-0.3, -0.25) is 9.69 Å². The molecule has 28 heavy (non-hydrogen) atoms. The van der Waals surface area contributed by atoms with Crippen LogP contribution in [0.2, 0.25) is 10.0 Å². The third-order valence-electron chi connectivity index (χ3n) is 4.21. The third-order valence-corrected chi connectivity index (χ3v) is 7.13. The molecule has 0 bridgehead atoms. The molecule has 0 N–H and O–H groups in total. The fourth-order valence-electron chi connectivity index (χ4n) is 2.85. The molecule has 1 amide bonds. The number of benzene rings is 2. The monoisotopic (exact) mass is 447 g/mol. The van der Waals surface area contributed by atoms with Gasteiger partial charge in [0.15, 0.2) is 5.17 Å². The molecule has 0 spiro atoms. The Morgan fingerprint density at radius 3 is 2.54 bits per heavy atom. The number of amidine groups is 1. The van der Waals surface area contributed by atoms with Crippen molar-refractivity contribution < 1.29 is 4.79 Å². The molecule has 2 aromatic rings. The zero-order valence-corrected chi connectivity index (χ0v) is 18.0. The van der Waals surface area contributed by atoms with Crippen molar-refractivity contribution in [1.82, 2.24) is 4.90 Å². The van der Waals surface area contributed by atoms with Crippen LogP contribution in [0.4, 0.5) is 11.4 Å².